The van der Waals surface area contributed by atoms with Crippen LogP contribution in [0.2, 0.25) is 0 Å². The maximum Gasteiger partial charge on any atom is 0.311 e. The second-order valence-corrected chi connectivity index (χ2v) is 3.38. The van der Waals surface area contributed by atoms with Crippen LogP contribution in [0.1, 0.15) is 24.6 Å². The Labute approximate surface area is 102 Å². The average Bonchev–Trinajstić information content (AvgIpc) is 2.29. The Balaban J connectivity index is 3.13. The van der Waals surface area contributed by atoms with E-state index in [0.717, 1.165) is 6.07 Å². The topological polar surface area (TPSA) is 68.4 Å². The Hall–Kier alpha value is -1.92. The number of esters is 1. The van der Waals surface area contributed by atoms with Crippen LogP contribution in [-0.2, 0) is 16.0 Å². The molecule has 0 unspecified atom stereocenters. The van der Waals surface area contributed by atoms with Crippen LogP contribution in [0.4, 0.5) is 8.78 Å². The molecule has 0 aliphatic rings. The molecule has 0 bridgehead atoms. The summed E-state index contributed by atoms with van der Waals surface area (Å²) in [5.41, 5.74) is -1.27. The molecule has 1 aromatic heterocycles. The molecule has 7 heteroatoms. The number of ether oxygens (including phenoxy) is 2. The fourth-order valence-electron chi connectivity index (χ4n) is 1.41. The largest absolute Gasteiger partial charge is 0.491 e. The maximum absolute atomic E-state index is 12.8. The molecular weight excluding hydrogens is 248 g/mol. The third-order valence-electron chi connectivity index (χ3n) is 2.20. The van der Waals surface area contributed by atoms with Crippen LogP contribution in [0.5, 0.6) is 5.75 Å². The van der Waals surface area contributed by atoms with E-state index in [9.17, 15) is 18.4 Å². The Morgan fingerprint density at radius 1 is 1.50 bits per heavy atom. The highest BCUT2D eigenvalue weighted by molar-refractivity contribution is 5.72. The number of aromatic nitrogens is 1. The third-order valence-corrected chi connectivity index (χ3v) is 2.20. The molecule has 0 saturated heterocycles. The van der Waals surface area contributed by atoms with Crippen molar-refractivity contribution >= 4 is 5.97 Å². The zero-order chi connectivity index (χ0) is 13.7. The molecule has 100 valence electrons. The minimum Gasteiger partial charge on any atom is -0.491 e. The number of methoxy groups -OCH3 is 1. The van der Waals surface area contributed by atoms with Gasteiger partial charge in [0, 0.05) is 11.3 Å². The smallest absolute Gasteiger partial charge is 0.311 e. The Morgan fingerprint density at radius 3 is 2.67 bits per heavy atom. The van der Waals surface area contributed by atoms with Crippen molar-refractivity contribution < 1.29 is 23.0 Å². The van der Waals surface area contributed by atoms with Crippen molar-refractivity contribution in [2.75, 3.05) is 13.7 Å². The number of carbonyl (C=O) groups excluding carboxylic acids is 1. The Bertz CT molecular complexity index is 484. The van der Waals surface area contributed by atoms with Crippen molar-refractivity contribution in [3.8, 4) is 5.75 Å². The van der Waals surface area contributed by atoms with E-state index in [4.69, 9.17) is 0 Å². The normalized spacial score (nSPS) is 10.5. The van der Waals surface area contributed by atoms with E-state index < -0.39 is 29.9 Å². The molecule has 1 rings (SSSR count). The number of alkyl halides is 2. The number of H-pyrrole nitrogens is 1. The molecule has 1 N–H and O–H groups in total. The first kappa shape index (κ1) is 14.1. The highest BCUT2D eigenvalue weighted by atomic mass is 19.3. The third kappa shape index (κ3) is 3.28. The van der Waals surface area contributed by atoms with Gasteiger partial charge in [-0.25, -0.2) is 8.78 Å². The molecule has 0 amide bonds. The van der Waals surface area contributed by atoms with Crippen molar-refractivity contribution in [2.24, 2.45) is 0 Å². The number of aromatic amines is 1. The van der Waals surface area contributed by atoms with Gasteiger partial charge >= 0.3 is 5.97 Å². The summed E-state index contributed by atoms with van der Waals surface area (Å²) in [4.78, 5) is 24.8. The van der Waals surface area contributed by atoms with Gasteiger partial charge < -0.3 is 14.5 Å². The number of pyridine rings is 1. The van der Waals surface area contributed by atoms with Gasteiger partial charge in [0.05, 0.1) is 20.1 Å². The molecule has 0 aliphatic heterocycles. The van der Waals surface area contributed by atoms with E-state index in [1.54, 1.807) is 6.92 Å². The van der Waals surface area contributed by atoms with Crippen LogP contribution >= 0.6 is 0 Å². The molecule has 0 aromatic carbocycles. The lowest BCUT2D eigenvalue weighted by atomic mass is 10.1. The predicted octanol–water partition coefficient (Wildman–Crippen LogP) is 1.43. The van der Waals surface area contributed by atoms with Crippen LogP contribution in [-0.4, -0.2) is 24.7 Å². The van der Waals surface area contributed by atoms with Crippen LogP contribution in [0.25, 0.3) is 0 Å². The quantitative estimate of drug-likeness (QED) is 0.814. The molecule has 0 spiro atoms. The summed E-state index contributed by atoms with van der Waals surface area (Å²) in [5.74, 6) is -0.905. The molecular formula is C11H13F2NO4. The zero-order valence-corrected chi connectivity index (χ0v) is 9.96. The van der Waals surface area contributed by atoms with Gasteiger partial charge in [-0.2, -0.15) is 0 Å². The van der Waals surface area contributed by atoms with Crippen molar-refractivity contribution in [3.63, 3.8) is 0 Å². The molecule has 1 heterocycles. The lowest BCUT2D eigenvalue weighted by Crippen LogP contribution is -2.18. The van der Waals surface area contributed by atoms with Crippen molar-refractivity contribution in [3.05, 3.63) is 27.7 Å². The van der Waals surface area contributed by atoms with Gasteiger partial charge in [-0.3, -0.25) is 9.59 Å². The molecule has 0 atom stereocenters. The summed E-state index contributed by atoms with van der Waals surface area (Å²) in [5, 5.41) is 0. The molecule has 1 aromatic rings. The molecule has 0 aliphatic carbocycles. The highest BCUT2D eigenvalue weighted by Crippen LogP contribution is 2.24. The van der Waals surface area contributed by atoms with Gasteiger partial charge in [-0.15, -0.1) is 0 Å². The Kier molecular flexibility index (Phi) is 4.82. The van der Waals surface area contributed by atoms with E-state index in [2.05, 4.69) is 14.5 Å². The van der Waals surface area contributed by atoms with Crippen LogP contribution in [0, 0.1) is 0 Å². The van der Waals surface area contributed by atoms with Gasteiger partial charge in [0.1, 0.15) is 0 Å². The van der Waals surface area contributed by atoms with Gasteiger partial charge in [0.15, 0.2) is 5.75 Å². The van der Waals surface area contributed by atoms with Crippen LogP contribution in [0.3, 0.4) is 0 Å². The molecule has 0 radical (unpaired) electrons. The van der Waals surface area contributed by atoms with Crippen molar-refractivity contribution in [1.29, 1.82) is 0 Å². The first-order chi connectivity index (χ1) is 8.49. The average molecular weight is 261 g/mol. The summed E-state index contributed by atoms with van der Waals surface area (Å²) in [6, 6.07) is 0.929. The van der Waals surface area contributed by atoms with Gasteiger partial charge in [-0.1, -0.05) is 0 Å². The number of rotatable bonds is 5. The summed E-state index contributed by atoms with van der Waals surface area (Å²) < 4.78 is 34.9. The fraction of sp³-hybridized carbons (Fsp3) is 0.455. The summed E-state index contributed by atoms with van der Waals surface area (Å²) in [6.45, 7) is 1.74. The monoisotopic (exact) mass is 261 g/mol. The predicted molar refractivity (Wildman–Crippen MR) is 58.9 cm³/mol. The summed E-state index contributed by atoms with van der Waals surface area (Å²) in [6.07, 6.45) is -3.23. The van der Waals surface area contributed by atoms with E-state index in [1.807, 2.05) is 0 Å². The van der Waals surface area contributed by atoms with E-state index >= 15 is 0 Å². The number of carbonyl (C=O) groups is 1. The van der Waals surface area contributed by atoms with Crippen LogP contribution < -0.4 is 10.3 Å². The van der Waals surface area contributed by atoms with Gasteiger partial charge in [0.25, 0.3) is 12.0 Å². The lowest BCUT2D eigenvalue weighted by molar-refractivity contribution is -0.142. The maximum atomic E-state index is 12.8. The van der Waals surface area contributed by atoms with Crippen molar-refractivity contribution in [1.82, 2.24) is 4.98 Å². The van der Waals surface area contributed by atoms with Gasteiger partial charge in [-0.05, 0) is 13.0 Å². The van der Waals surface area contributed by atoms with Crippen LogP contribution in [0.15, 0.2) is 10.9 Å². The van der Waals surface area contributed by atoms with Crippen molar-refractivity contribution in [2.45, 2.75) is 19.8 Å². The highest BCUT2D eigenvalue weighted by Gasteiger charge is 2.19. The minimum absolute atomic E-state index is 0.142. The zero-order valence-electron chi connectivity index (χ0n) is 9.96. The van der Waals surface area contributed by atoms with E-state index in [1.165, 1.54) is 7.11 Å². The second-order valence-electron chi connectivity index (χ2n) is 3.38. The standard InChI is InChI=1S/C11H13F2NO4/c1-3-18-9(15)5-7-6(10(12)13)4-8(17-2)11(16)14-7/h4,10H,3,5H2,1-2H3,(H,14,16). The first-order valence-corrected chi connectivity index (χ1v) is 5.23. The number of nitrogens with one attached hydrogen (secondary N) is 1. The SMILES string of the molecule is CCOC(=O)Cc1[nH]c(=O)c(OC)cc1C(F)F. The fourth-order valence-corrected chi connectivity index (χ4v) is 1.41. The summed E-state index contributed by atoms with van der Waals surface area (Å²) in [7, 11) is 1.20. The number of halogens is 2. The Morgan fingerprint density at radius 2 is 2.17 bits per heavy atom. The second kappa shape index (κ2) is 6.13. The van der Waals surface area contributed by atoms with E-state index in [0.29, 0.717) is 0 Å². The summed E-state index contributed by atoms with van der Waals surface area (Å²) >= 11 is 0. The number of hydrogen-bond acceptors (Lipinski definition) is 4. The lowest BCUT2D eigenvalue weighted by Gasteiger charge is -2.10. The molecule has 18 heavy (non-hydrogen) atoms. The first-order valence-electron chi connectivity index (χ1n) is 5.23. The molecule has 0 fully saturated rings. The molecule has 5 nitrogen and oxygen atoms in total. The van der Waals surface area contributed by atoms with E-state index in [-0.39, 0.29) is 18.1 Å². The minimum atomic E-state index is -2.82. The molecule has 0 saturated carbocycles. The van der Waals surface area contributed by atoms with Gasteiger partial charge in [0.2, 0.25) is 0 Å². The number of hydrogen-bond donors (Lipinski definition) is 1.